The highest BCUT2D eigenvalue weighted by atomic mass is 19.1. The normalized spacial score (nSPS) is 10.8. The van der Waals surface area contributed by atoms with Crippen molar-refractivity contribution in [1.82, 2.24) is 5.43 Å². The standard InChI is InChI=1S/C23H20F2N2O3/c1-29-22-12-17(7-10-21(22)30-15-18-3-2-4-20(25)11-18)14-26-27-23(28)13-16-5-8-19(24)9-6-16/h2-12,14H,13,15H2,1H3,(H,27,28)/b26-14+. The highest BCUT2D eigenvalue weighted by Gasteiger charge is 2.07. The lowest BCUT2D eigenvalue weighted by Gasteiger charge is -2.11. The summed E-state index contributed by atoms with van der Waals surface area (Å²) in [6.45, 7) is 0.195. The molecule has 1 N–H and O–H groups in total. The molecular formula is C23H20F2N2O3. The predicted molar refractivity (Wildman–Crippen MR) is 110 cm³/mol. The van der Waals surface area contributed by atoms with E-state index in [9.17, 15) is 13.6 Å². The molecule has 0 aliphatic heterocycles. The van der Waals surface area contributed by atoms with Crippen LogP contribution in [0.15, 0.2) is 71.8 Å². The number of nitrogens with zero attached hydrogens (tertiary/aromatic N) is 1. The van der Waals surface area contributed by atoms with Gasteiger partial charge in [-0.25, -0.2) is 14.2 Å². The van der Waals surface area contributed by atoms with Crippen molar-refractivity contribution >= 4 is 12.1 Å². The summed E-state index contributed by atoms with van der Waals surface area (Å²) >= 11 is 0. The van der Waals surface area contributed by atoms with Gasteiger partial charge in [0.05, 0.1) is 19.7 Å². The Morgan fingerprint density at radius 3 is 2.50 bits per heavy atom. The van der Waals surface area contributed by atoms with Crippen molar-refractivity contribution in [3.05, 3.63) is 95.1 Å². The minimum atomic E-state index is -0.352. The minimum Gasteiger partial charge on any atom is -0.493 e. The van der Waals surface area contributed by atoms with Gasteiger partial charge in [0.2, 0.25) is 5.91 Å². The van der Waals surface area contributed by atoms with Gasteiger partial charge in [0, 0.05) is 0 Å². The molecule has 3 rings (SSSR count). The fourth-order valence-electron chi connectivity index (χ4n) is 2.68. The van der Waals surface area contributed by atoms with Gasteiger partial charge < -0.3 is 9.47 Å². The summed E-state index contributed by atoms with van der Waals surface area (Å²) in [5.41, 5.74) is 4.50. The van der Waals surface area contributed by atoms with E-state index in [-0.39, 0.29) is 30.6 Å². The van der Waals surface area contributed by atoms with Crippen molar-refractivity contribution in [3.63, 3.8) is 0 Å². The van der Waals surface area contributed by atoms with E-state index in [2.05, 4.69) is 10.5 Å². The van der Waals surface area contributed by atoms with Crippen LogP contribution in [0.25, 0.3) is 0 Å². The molecule has 3 aromatic carbocycles. The molecule has 0 aliphatic rings. The average molecular weight is 410 g/mol. The van der Waals surface area contributed by atoms with Crippen LogP contribution in [0.4, 0.5) is 8.78 Å². The number of hydrazone groups is 1. The third-order valence-electron chi connectivity index (χ3n) is 4.15. The molecular weight excluding hydrogens is 390 g/mol. The lowest BCUT2D eigenvalue weighted by molar-refractivity contribution is -0.120. The molecule has 0 heterocycles. The van der Waals surface area contributed by atoms with E-state index in [0.29, 0.717) is 28.2 Å². The Kier molecular flexibility index (Phi) is 7.10. The van der Waals surface area contributed by atoms with Crippen molar-refractivity contribution in [2.24, 2.45) is 5.10 Å². The number of halogens is 2. The molecule has 5 nitrogen and oxygen atoms in total. The largest absolute Gasteiger partial charge is 0.493 e. The molecule has 0 saturated carbocycles. The first-order chi connectivity index (χ1) is 14.5. The van der Waals surface area contributed by atoms with Crippen LogP contribution in [-0.4, -0.2) is 19.2 Å². The summed E-state index contributed by atoms with van der Waals surface area (Å²) in [6.07, 6.45) is 1.56. The Morgan fingerprint density at radius 2 is 1.77 bits per heavy atom. The van der Waals surface area contributed by atoms with E-state index >= 15 is 0 Å². The van der Waals surface area contributed by atoms with Gasteiger partial charge in [0.25, 0.3) is 0 Å². The number of hydrogen-bond donors (Lipinski definition) is 1. The molecule has 0 fully saturated rings. The van der Waals surface area contributed by atoms with Gasteiger partial charge in [0.15, 0.2) is 11.5 Å². The lowest BCUT2D eigenvalue weighted by atomic mass is 10.1. The molecule has 0 radical (unpaired) electrons. The smallest absolute Gasteiger partial charge is 0.244 e. The van der Waals surface area contributed by atoms with E-state index in [0.717, 1.165) is 0 Å². The van der Waals surface area contributed by atoms with E-state index in [4.69, 9.17) is 9.47 Å². The number of carbonyl (C=O) groups is 1. The van der Waals surface area contributed by atoms with Crippen molar-refractivity contribution in [1.29, 1.82) is 0 Å². The summed E-state index contributed by atoms with van der Waals surface area (Å²) in [7, 11) is 1.51. The summed E-state index contributed by atoms with van der Waals surface area (Å²) in [6, 6.07) is 17.0. The van der Waals surface area contributed by atoms with Gasteiger partial charge in [0.1, 0.15) is 18.2 Å². The molecule has 0 aliphatic carbocycles. The van der Waals surface area contributed by atoms with Crippen LogP contribution in [0.1, 0.15) is 16.7 Å². The predicted octanol–water partition coefficient (Wildman–Crippen LogP) is 4.25. The van der Waals surface area contributed by atoms with E-state index in [1.807, 2.05) is 0 Å². The first-order valence-electron chi connectivity index (χ1n) is 9.15. The number of ether oxygens (including phenoxy) is 2. The Hall–Kier alpha value is -3.74. The Labute approximate surface area is 173 Å². The third kappa shape index (κ3) is 6.13. The van der Waals surface area contributed by atoms with Crippen molar-refractivity contribution in [3.8, 4) is 11.5 Å². The van der Waals surface area contributed by atoms with E-state index in [1.165, 1.54) is 37.6 Å². The van der Waals surface area contributed by atoms with Gasteiger partial charge in [-0.2, -0.15) is 5.10 Å². The summed E-state index contributed by atoms with van der Waals surface area (Å²) in [5, 5.41) is 3.93. The van der Waals surface area contributed by atoms with Gasteiger partial charge >= 0.3 is 0 Å². The minimum absolute atomic E-state index is 0.0911. The molecule has 0 atom stereocenters. The topological polar surface area (TPSA) is 59.9 Å². The zero-order valence-electron chi connectivity index (χ0n) is 16.3. The molecule has 0 saturated heterocycles. The van der Waals surface area contributed by atoms with E-state index in [1.54, 1.807) is 42.5 Å². The molecule has 3 aromatic rings. The Morgan fingerprint density at radius 1 is 0.967 bits per heavy atom. The first kappa shape index (κ1) is 21.0. The fourth-order valence-corrected chi connectivity index (χ4v) is 2.68. The van der Waals surface area contributed by atoms with E-state index < -0.39 is 0 Å². The van der Waals surface area contributed by atoms with Crippen LogP contribution < -0.4 is 14.9 Å². The Bertz CT molecular complexity index is 1040. The van der Waals surface area contributed by atoms with Crippen LogP contribution in [-0.2, 0) is 17.8 Å². The maximum atomic E-state index is 13.3. The third-order valence-corrected chi connectivity index (χ3v) is 4.15. The first-order valence-corrected chi connectivity index (χ1v) is 9.15. The van der Waals surface area contributed by atoms with Crippen molar-refractivity contribution in [2.45, 2.75) is 13.0 Å². The molecule has 0 unspecified atom stereocenters. The quantitative estimate of drug-likeness (QED) is 0.446. The summed E-state index contributed by atoms with van der Waals surface area (Å²) in [5.74, 6) is -0.0160. The number of methoxy groups -OCH3 is 1. The molecule has 0 spiro atoms. The van der Waals surface area contributed by atoms with Gasteiger partial charge in [-0.1, -0.05) is 24.3 Å². The van der Waals surface area contributed by atoms with Gasteiger partial charge in [-0.3, -0.25) is 4.79 Å². The second-order valence-corrected chi connectivity index (χ2v) is 6.43. The zero-order chi connectivity index (χ0) is 21.3. The second-order valence-electron chi connectivity index (χ2n) is 6.43. The second kappa shape index (κ2) is 10.2. The molecule has 0 bridgehead atoms. The van der Waals surface area contributed by atoms with Gasteiger partial charge in [-0.15, -0.1) is 0 Å². The monoisotopic (exact) mass is 410 g/mol. The summed E-state index contributed by atoms with van der Waals surface area (Å²) < 4.78 is 37.2. The number of rotatable bonds is 8. The van der Waals surface area contributed by atoms with Crippen LogP contribution in [0.2, 0.25) is 0 Å². The lowest BCUT2D eigenvalue weighted by Crippen LogP contribution is -2.19. The molecule has 1 amide bonds. The molecule has 30 heavy (non-hydrogen) atoms. The van der Waals surface area contributed by atoms with Crippen molar-refractivity contribution in [2.75, 3.05) is 7.11 Å². The van der Waals surface area contributed by atoms with Crippen LogP contribution in [0.5, 0.6) is 11.5 Å². The van der Waals surface area contributed by atoms with Crippen LogP contribution >= 0.6 is 0 Å². The average Bonchev–Trinajstić information content (AvgIpc) is 2.74. The van der Waals surface area contributed by atoms with Crippen LogP contribution in [0, 0.1) is 11.6 Å². The number of nitrogens with one attached hydrogen (secondary N) is 1. The molecule has 0 aromatic heterocycles. The highest BCUT2D eigenvalue weighted by Crippen LogP contribution is 2.28. The highest BCUT2D eigenvalue weighted by molar-refractivity contribution is 5.84. The Balaban J connectivity index is 1.57. The molecule has 7 heteroatoms. The van der Waals surface area contributed by atoms with Gasteiger partial charge in [-0.05, 0) is 59.2 Å². The maximum absolute atomic E-state index is 13.3. The number of benzene rings is 3. The fraction of sp³-hybridized carbons (Fsp3) is 0.130. The maximum Gasteiger partial charge on any atom is 0.244 e. The SMILES string of the molecule is COc1cc(/C=N/NC(=O)Cc2ccc(F)cc2)ccc1OCc1cccc(F)c1. The molecule has 154 valence electrons. The summed E-state index contributed by atoms with van der Waals surface area (Å²) in [4.78, 5) is 11.9. The number of amides is 1. The number of carbonyl (C=O) groups excluding carboxylic acids is 1. The van der Waals surface area contributed by atoms with Crippen molar-refractivity contribution < 1.29 is 23.0 Å². The number of hydrogen-bond acceptors (Lipinski definition) is 4. The van der Waals surface area contributed by atoms with Crippen LogP contribution in [0.3, 0.4) is 0 Å². The zero-order valence-corrected chi connectivity index (χ0v) is 16.3.